The molecule has 2 aliphatic rings. The zero-order valence-corrected chi connectivity index (χ0v) is 19.7. The highest BCUT2D eigenvalue weighted by Crippen LogP contribution is 2.43. The van der Waals surface area contributed by atoms with E-state index in [0.29, 0.717) is 18.2 Å². The van der Waals surface area contributed by atoms with Crippen molar-refractivity contribution in [3.05, 3.63) is 48.0 Å². The predicted molar refractivity (Wildman–Crippen MR) is 129 cm³/mol. The van der Waals surface area contributed by atoms with Crippen LogP contribution in [-0.4, -0.2) is 25.6 Å². The summed E-state index contributed by atoms with van der Waals surface area (Å²) in [7, 11) is -3.55. The number of nitrogens with one attached hydrogen (secondary N) is 1. The molecule has 0 radical (unpaired) electrons. The fourth-order valence-electron chi connectivity index (χ4n) is 5.09. The zero-order valence-electron chi connectivity index (χ0n) is 18.9. The molecule has 1 heterocycles. The normalized spacial score (nSPS) is 17.2. The van der Waals surface area contributed by atoms with Crippen LogP contribution in [0, 0.1) is 11.3 Å². The minimum atomic E-state index is -3.55. The van der Waals surface area contributed by atoms with Gasteiger partial charge in [0, 0.05) is 23.5 Å². The molecule has 0 amide bonds. The summed E-state index contributed by atoms with van der Waals surface area (Å²) in [6, 6.07) is 15.6. The smallest absolute Gasteiger partial charge is 0.240 e. The Morgan fingerprint density at radius 1 is 1.06 bits per heavy atom. The molecule has 6 nitrogen and oxygen atoms in total. The number of rotatable bonds is 7. The number of hydrogen-bond donors (Lipinski definition) is 1. The predicted octanol–water partition coefficient (Wildman–Crippen LogP) is 5.52. The van der Waals surface area contributed by atoms with Crippen LogP contribution in [0.15, 0.2) is 47.4 Å². The highest BCUT2D eigenvalue weighted by Gasteiger charge is 2.28. The zero-order chi connectivity index (χ0) is 23.0. The second-order valence-electron chi connectivity index (χ2n) is 9.03. The molecule has 1 aromatic heterocycles. The number of nitrogens with zero attached hydrogens (tertiary/aromatic N) is 2. The van der Waals surface area contributed by atoms with E-state index in [2.05, 4.69) is 15.4 Å². The van der Waals surface area contributed by atoms with E-state index < -0.39 is 10.0 Å². The van der Waals surface area contributed by atoms with Gasteiger partial charge in [0.25, 0.3) is 0 Å². The maximum absolute atomic E-state index is 12.8. The molecule has 0 unspecified atom stereocenters. The largest absolute Gasteiger partial charge is 0.494 e. The molecule has 7 heteroatoms. The maximum atomic E-state index is 12.8. The first-order chi connectivity index (χ1) is 16.0. The standard InChI is InChI=1S/C26H29N3O3S/c1-2-32-21-12-15-23-24(17-27)26(29(25(23)16-21)20-8-5-9-20)18-10-13-22(14-11-18)33(30,31)28-19-6-3-4-7-19/h10-16,19-20,28H,2-9H2,1H3. The van der Waals surface area contributed by atoms with Gasteiger partial charge in [-0.05, 0) is 68.9 Å². The molecular formula is C26H29N3O3S. The van der Waals surface area contributed by atoms with Gasteiger partial charge in [-0.2, -0.15) is 5.26 Å². The molecule has 5 rings (SSSR count). The van der Waals surface area contributed by atoms with E-state index in [4.69, 9.17) is 4.74 Å². The molecule has 172 valence electrons. The van der Waals surface area contributed by atoms with Crippen molar-refractivity contribution in [1.29, 1.82) is 5.26 Å². The second kappa shape index (κ2) is 8.85. The highest BCUT2D eigenvalue weighted by molar-refractivity contribution is 7.89. The van der Waals surface area contributed by atoms with Crippen LogP contribution in [0.2, 0.25) is 0 Å². The average molecular weight is 464 g/mol. The molecule has 2 aromatic carbocycles. The first-order valence-electron chi connectivity index (χ1n) is 11.9. The number of fused-ring (bicyclic) bond motifs is 1. The summed E-state index contributed by atoms with van der Waals surface area (Å²) < 4.78 is 36.5. The van der Waals surface area contributed by atoms with Gasteiger partial charge in [-0.1, -0.05) is 25.0 Å². The molecule has 33 heavy (non-hydrogen) atoms. The molecule has 2 aliphatic carbocycles. The maximum Gasteiger partial charge on any atom is 0.240 e. The van der Waals surface area contributed by atoms with Gasteiger partial charge >= 0.3 is 0 Å². The van der Waals surface area contributed by atoms with E-state index in [1.54, 1.807) is 12.1 Å². The van der Waals surface area contributed by atoms with Crippen LogP contribution in [0.5, 0.6) is 5.75 Å². The van der Waals surface area contributed by atoms with E-state index >= 15 is 0 Å². The second-order valence-corrected chi connectivity index (χ2v) is 10.7. The molecule has 0 spiro atoms. The first kappa shape index (κ1) is 22.0. The Hall–Kier alpha value is -2.82. The Labute approximate surface area is 195 Å². The van der Waals surface area contributed by atoms with E-state index in [1.165, 1.54) is 6.42 Å². The molecule has 2 saturated carbocycles. The number of benzene rings is 2. The van der Waals surface area contributed by atoms with Crippen molar-refractivity contribution in [2.45, 2.75) is 68.8 Å². The number of aromatic nitrogens is 1. The summed E-state index contributed by atoms with van der Waals surface area (Å²) in [5.41, 5.74) is 3.34. The monoisotopic (exact) mass is 463 g/mol. The lowest BCUT2D eigenvalue weighted by molar-refractivity contribution is 0.322. The summed E-state index contributed by atoms with van der Waals surface area (Å²) in [4.78, 5) is 0.265. The summed E-state index contributed by atoms with van der Waals surface area (Å²) >= 11 is 0. The van der Waals surface area contributed by atoms with Crippen LogP contribution in [0.1, 0.15) is 63.5 Å². The molecule has 0 atom stereocenters. The Balaban J connectivity index is 1.58. The van der Waals surface area contributed by atoms with Crippen molar-refractivity contribution in [2.75, 3.05) is 6.61 Å². The van der Waals surface area contributed by atoms with Crippen molar-refractivity contribution in [3.8, 4) is 23.1 Å². The van der Waals surface area contributed by atoms with Crippen molar-refractivity contribution in [2.24, 2.45) is 0 Å². The third kappa shape index (κ3) is 4.03. The van der Waals surface area contributed by atoms with Crippen molar-refractivity contribution >= 4 is 20.9 Å². The van der Waals surface area contributed by atoms with Crippen LogP contribution in [0.3, 0.4) is 0 Å². The van der Waals surface area contributed by atoms with E-state index in [1.807, 2.05) is 37.3 Å². The lowest BCUT2D eigenvalue weighted by Crippen LogP contribution is -2.32. The van der Waals surface area contributed by atoms with Gasteiger partial charge in [0.05, 0.1) is 28.3 Å². The van der Waals surface area contributed by atoms with Crippen molar-refractivity contribution in [1.82, 2.24) is 9.29 Å². The number of ether oxygens (including phenoxy) is 1. The molecule has 0 saturated heterocycles. The van der Waals surface area contributed by atoms with Gasteiger partial charge in [-0.3, -0.25) is 0 Å². The van der Waals surface area contributed by atoms with Crippen LogP contribution in [-0.2, 0) is 10.0 Å². The van der Waals surface area contributed by atoms with E-state index in [0.717, 1.165) is 66.4 Å². The lowest BCUT2D eigenvalue weighted by Gasteiger charge is -2.30. The van der Waals surface area contributed by atoms with Crippen molar-refractivity contribution < 1.29 is 13.2 Å². The van der Waals surface area contributed by atoms with E-state index in [9.17, 15) is 13.7 Å². The van der Waals surface area contributed by atoms with Gasteiger partial charge in [0.2, 0.25) is 10.0 Å². The van der Waals surface area contributed by atoms with Gasteiger partial charge in [0.15, 0.2) is 0 Å². The Morgan fingerprint density at radius 2 is 1.79 bits per heavy atom. The first-order valence-corrected chi connectivity index (χ1v) is 13.3. The molecule has 0 bridgehead atoms. The van der Waals surface area contributed by atoms with Crippen LogP contribution in [0.4, 0.5) is 0 Å². The summed E-state index contributed by atoms with van der Waals surface area (Å²) in [5, 5.41) is 11.0. The third-order valence-corrected chi connectivity index (χ3v) is 8.49. The SMILES string of the molecule is CCOc1ccc2c(C#N)c(-c3ccc(S(=O)(=O)NC4CCCC4)cc3)n(C3CCC3)c2c1. The third-order valence-electron chi connectivity index (χ3n) is 6.95. The molecule has 3 aromatic rings. The van der Waals surface area contributed by atoms with Gasteiger partial charge in [0.1, 0.15) is 11.8 Å². The fraction of sp³-hybridized carbons (Fsp3) is 0.423. The van der Waals surface area contributed by atoms with Crippen LogP contribution < -0.4 is 9.46 Å². The highest BCUT2D eigenvalue weighted by atomic mass is 32.2. The summed E-state index contributed by atoms with van der Waals surface area (Å²) in [5.74, 6) is 0.790. The van der Waals surface area contributed by atoms with Crippen LogP contribution >= 0.6 is 0 Å². The quantitative estimate of drug-likeness (QED) is 0.500. The van der Waals surface area contributed by atoms with Gasteiger partial charge in [-0.15, -0.1) is 0 Å². The minimum absolute atomic E-state index is 0.0283. The molecule has 0 aliphatic heterocycles. The topological polar surface area (TPSA) is 84.1 Å². The number of sulfonamides is 1. The van der Waals surface area contributed by atoms with Gasteiger partial charge in [-0.25, -0.2) is 13.1 Å². The average Bonchev–Trinajstić information content (AvgIpc) is 3.38. The summed E-state index contributed by atoms with van der Waals surface area (Å²) in [6.07, 6.45) is 7.24. The van der Waals surface area contributed by atoms with Crippen molar-refractivity contribution in [3.63, 3.8) is 0 Å². The Kier molecular flexibility index (Phi) is 5.90. The minimum Gasteiger partial charge on any atom is -0.494 e. The number of nitriles is 1. The Morgan fingerprint density at radius 3 is 2.39 bits per heavy atom. The fourth-order valence-corrected chi connectivity index (χ4v) is 6.40. The van der Waals surface area contributed by atoms with Crippen LogP contribution in [0.25, 0.3) is 22.2 Å². The molecule has 2 fully saturated rings. The number of hydrogen-bond acceptors (Lipinski definition) is 4. The Bertz CT molecular complexity index is 1310. The molecule has 1 N–H and O–H groups in total. The lowest BCUT2D eigenvalue weighted by atomic mass is 9.92. The summed E-state index contributed by atoms with van der Waals surface area (Å²) in [6.45, 7) is 2.54. The van der Waals surface area contributed by atoms with Gasteiger partial charge < -0.3 is 9.30 Å². The molecular weight excluding hydrogens is 434 g/mol. The van der Waals surface area contributed by atoms with E-state index in [-0.39, 0.29) is 10.9 Å².